The second-order valence-electron chi connectivity index (χ2n) is 4.42. The third kappa shape index (κ3) is 3.08. The first kappa shape index (κ1) is 14.3. The highest BCUT2D eigenvalue weighted by molar-refractivity contribution is 6.31. The number of pyridine rings is 1. The summed E-state index contributed by atoms with van der Waals surface area (Å²) >= 11 is 6.12. The normalized spacial score (nSPS) is 10.2. The van der Waals surface area contributed by atoms with Gasteiger partial charge in [0.1, 0.15) is 0 Å². The minimum absolute atomic E-state index is 0.0725. The molecule has 0 aliphatic rings. The molecule has 2 rings (SSSR count). The maximum Gasteiger partial charge on any atom is 0.256 e. The molecule has 1 aromatic heterocycles. The van der Waals surface area contributed by atoms with Crippen LogP contribution in [0, 0.1) is 0 Å². The average Bonchev–Trinajstić information content (AvgIpc) is 2.48. The molecule has 0 unspecified atom stereocenters. The lowest BCUT2D eigenvalue weighted by Gasteiger charge is -2.19. The van der Waals surface area contributed by atoms with Gasteiger partial charge in [-0.25, -0.2) is 0 Å². The van der Waals surface area contributed by atoms with Crippen LogP contribution in [0.15, 0.2) is 42.7 Å². The Morgan fingerprint density at radius 2 is 2.10 bits per heavy atom. The molecule has 20 heavy (non-hydrogen) atoms. The molecule has 1 amide bonds. The van der Waals surface area contributed by atoms with Crippen molar-refractivity contribution in [2.75, 3.05) is 19.4 Å². The smallest absolute Gasteiger partial charge is 0.256 e. The molecule has 0 saturated carbocycles. The van der Waals surface area contributed by atoms with Gasteiger partial charge in [0.25, 0.3) is 5.91 Å². The zero-order chi connectivity index (χ0) is 14.5. The highest BCUT2D eigenvalue weighted by Crippen LogP contribution is 2.19. The molecule has 1 heterocycles. The van der Waals surface area contributed by atoms with Crippen LogP contribution in [0.3, 0.4) is 0 Å². The van der Waals surface area contributed by atoms with Crippen molar-refractivity contribution in [1.29, 1.82) is 0 Å². The van der Waals surface area contributed by atoms with Gasteiger partial charge in [-0.15, -0.1) is 0 Å². The molecule has 0 saturated heterocycles. The van der Waals surface area contributed by atoms with Crippen LogP contribution in [0.25, 0.3) is 0 Å². The van der Waals surface area contributed by atoms with E-state index in [-0.39, 0.29) is 5.91 Å². The summed E-state index contributed by atoms with van der Waals surface area (Å²) in [5, 5.41) is 3.63. The zero-order valence-electron chi connectivity index (χ0n) is 11.4. The fourth-order valence-corrected chi connectivity index (χ4v) is 2.14. The molecule has 0 fully saturated rings. The molecular formula is C15H16ClN3O. The monoisotopic (exact) mass is 289 g/mol. The largest absolute Gasteiger partial charge is 0.386 e. The van der Waals surface area contributed by atoms with Crippen LogP contribution >= 0.6 is 11.6 Å². The molecule has 0 bridgehead atoms. The fraction of sp³-hybridized carbons (Fsp3) is 0.200. The first-order valence-electron chi connectivity index (χ1n) is 6.24. The van der Waals surface area contributed by atoms with Crippen molar-refractivity contribution >= 4 is 23.2 Å². The highest BCUT2D eigenvalue weighted by atomic mass is 35.5. The number of nitrogens with one attached hydrogen (secondary N) is 1. The van der Waals surface area contributed by atoms with Crippen molar-refractivity contribution in [3.8, 4) is 0 Å². The van der Waals surface area contributed by atoms with Crippen LogP contribution < -0.4 is 5.32 Å². The number of carbonyl (C=O) groups excluding carboxylic acids is 1. The Bertz CT molecular complexity index is 616. The van der Waals surface area contributed by atoms with Gasteiger partial charge >= 0.3 is 0 Å². The molecule has 0 aliphatic carbocycles. The van der Waals surface area contributed by atoms with Crippen LogP contribution in [0.1, 0.15) is 15.9 Å². The van der Waals surface area contributed by atoms with E-state index in [1.807, 2.05) is 24.3 Å². The third-order valence-corrected chi connectivity index (χ3v) is 3.40. The van der Waals surface area contributed by atoms with Crippen molar-refractivity contribution in [1.82, 2.24) is 9.88 Å². The molecular weight excluding hydrogens is 274 g/mol. The number of halogens is 1. The number of amides is 1. The van der Waals surface area contributed by atoms with Crippen molar-refractivity contribution in [2.24, 2.45) is 0 Å². The van der Waals surface area contributed by atoms with E-state index in [1.165, 1.54) is 0 Å². The van der Waals surface area contributed by atoms with Gasteiger partial charge in [-0.1, -0.05) is 29.8 Å². The van der Waals surface area contributed by atoms with E-state index < -0.39 is 0 Å². The van der Waals surface area contributed by atoms with Crippen LogP contribution in [-0.2, 0) is 6.54 Å². The highest BCUT2D eigenvalue weighted by Gasteiger charge is 2.16. The van der Waals surface area contributed by atoms with E-state index in [2.05, 4.69) is 10.3 Å². The second-order valence-corrected chi connectivity index (χ2v) is 4.83. The predicted molar refractivity (Wildman–Crippen MR) is 81.0 cm³/mol. The van der Waals surface area contributed by atoms with E-state index in [1.54, 1.807) is 37.5 Å². The Morgan fingerprint density at radius 1 is 1.35 bits per heavy atom. The van der Waals surface area contributed by atoms with E-state index in [0.717, 1.165) is 5.56 Å². The summed E-state index contributed by atoms with van der Waals surface area (Å²) in [6, 6.07) is 9.22. The minimum Gasteiger partial charge on any atom is -0.386 e. The van der Waals surface area contributed by atoms with Crippen LogP contribution in [-0.4, -0.2) is 29.9 Å². The standard InChI is InChI=1S/C15H16ClN3O/c1-17-14-9-18-8-7-12(14)15(20)19(2)10-11-5-3-4-6-13(11)16/h3-9,17H,10H2,1-2H3. The summed E-state index contributed by atoms with van der Waals surface area (Å²) in [5.41, 5.74) is 2.23. The maximum absolute atomic E-state index is 12.5. The van der Waals surface area contributed by atoms with Gasteiger partial charge in [-0.2, -0.15) is 0 Å². The van der Waals surface area contributed by atoms with Crippen LogP contribution in [0.5, 0.6) is 0 Å². The van der Waals surface area contributed by atoms with E-state index in [0.29, 0.717) is 22.8 Å². The summed E-state index contributed by atoms with van der Waals surface area (Å²) < 4.78 is 0. The fourth-order valence-electron chi connectivity index (χ4n) is 1.94. The average molecular weight is 290 g/mol. The lowest BCUT2D eigenvalue weighted by Crippen LogP contribution is -2.27. The number of benzene rings is 1. The van der Waals surface area contributed by atoms with Gasteiger partial charge in [0.15, 0.2) is 0 Å². The van der Waals surface area contributed by atoms with Gasteiger partial charge in [-0.3, -0.25) is 9.78 Å². The van der Waals surface area contributed by atoms with E-state index in [4.69, 9.17) is 11.6 Å². The number of aromatic nitrogens is 1. The van der Waals surface area contributed by atoms with Gasteiger partial charge < -0.3 is 10.2 Å². The first-order valence-corrected chi connectivity index (χ1v) is 6.62. The van der Waals surface area contributed by atoms with Crippen molar-refractivity contribution in [2.45, 2.75) is 6.54 Å². The summed E-state index contributed by atoms with van der Waals surface area (Å²) in [6.45, 7) is 0.462. The lowest BCUT2D eigenvalue weighted by atomic mass is 10.1. The Kier molecular flexibility index (Phi) is 4.58. The number of anilines is 1. The summed E-state index contributed by atoms with van der Waals surface area (Å²) in [6.07, 6.45) is 3.24. The maximum atomic E-state index is 12.5. The zero-order valence-corrected chi connectivity index (χ0v) is 12.2. The topological polar surface area (TPSA) is 45.2 Å². The molecule has 2 aromatic rings. The summed E-state index contributed by atoms with van der Waals surface area (Å²) in [7, 11) is 3.52. The molecule has 1 aromatic carbocycles. The molecule has 0 aliphatic heterocycles. The van der Waals surface area contributed by atoms with Crippen LogP contribution in [0.2, 0.25) is 5.02 Å². The second kappa shape index (κ2) is 6.39. The van der Waals surface area contributed by atoms with Gasteiger partial charge in [0, 0.05) is 31.9 Å². The van der Waals surface area contributed by atoms with Crippen molar-refractivity contribution in [3.05, 3.63) is 58.9 Å². The predicted octanol–water partition coefficient (Wildman–Crippen LogP) is 3.05. The Morgan fingerprint density at radius 3 is 2.80 bits per heavy atom. The van der Waals surface area contributed by atoms with E-state index in [9.17, 15) is 4.79 Å². The number of hydrogen-bond donors (Lipinski definition) is 1. The van der Waals surface area contributed by atoms with Gasteiger partial charge in [-0.05, 0) is 17.7 Å². The van der Waals surface area contributed by atoms with Crippen molar-refractivity contribution < 1.29 is 4.79 Å². The summed E-state index contributed by atoms with van der Waals surface area (Å²) in [5.74, 6) is -0.0725. The van der Waals surface area contributed by atoms with Gasteiger partial charge in [0.05, 0.1) is 17.4 Å². The molecule has 0 atom stereocenters. The Labute approximate surface area is 123 Å². The minimum atomic E-state index is -0.0725. The SMILES string of the molecule is CNc1cnccc1C(=O)N(C)Cc1ccccc1Cl. The number of rotatable bonds is 4. The summed E-state index contributed by atoms with van der Waals surface area (Å²) in [4.78, 5) is 18.1. The molecule has 104 valence electrons. The number of hydrogen-bond acceptors (Lipinski definition) is 3. The Hall–Kier alpha value is -2.07. The van der Waals surface area contributed by atoms with Crippen molar-refractivity contribution in [3.63, 3.8) is 0 Å². The quantitative estimate of drug-likeness (QED) is 0.941. The van der Waals surface area contributed by atoms with Crippen LogP contribution in [0.4, 0.5) is 5.69 Å². The molecule has 0 radical (unpaired) electrons. The Balaban J connectivity index is 2.19. The number of carbonyl (C=O) groups is 1. The third-order valence-electron chi connectivity index (χ3n) is 3.03. The number of nitrogens with zero attached hydrogens (tertiary/aromatic N) is 2. The van der Waals surface area contributed by atoms with Gasteiger partial charge in [0.2, 0.25) is 0 Å². The first-order chi connectivity index (χ1) is 9.63. The molecule has 1 N–H and O–H groups in total. The lowest BCUT2D eigenvalue weighted by molar-refractivity contribution is 0.0786. The molecule has 5 heteroatoms. The van der Waals surface area contributed by atoms with E-state index >= 15 is 0 Å². The molecule has 0 spiro atoms. The molecule has 4 nitrogen and oxygen atoms in total.